The standard InChI is InChI=1S/C6H14O3.3C5H9NO2.C5H12O4/c1-2-6(3-7,4-8)5-9;3*1-4(5(7)8)6-2-3-6;6-1-5(2-7,3-8)4-9/h7-9H,2-5H2,1H3;3*4H,2-3H2,1H3,(H,7,8);6-9H,1-4H2. The van der Waals surface area contributed by atoms with Crippen LogP contribution in [0.25, 0.3) is 0 Å². The van der Waals surface area contributed by atoms with E-state index in [1.807, 2.05) is 21.6 Å². The van der Waals surface area contributed by atoms with E-state index in [1.54, 1.807) is 20.8 Å². The minimum absolute atomic E-state index is 0.156. The number of hydrogen-bond donors (Lipinski definition) is 10. The lowest BCUT2D eigenvalue weighted by Crippen LogP contribution is -2.37. The molecule has 0 saturated carbocycles. The Morgan fingerprint density at radius 3 is 0.714 bits per heavy atom. The number of hydrogen-bond acceptors (Lipinski definition) is 13. The van der Waals surface area contributed by atoms with Crippen molar-refractivity contribution in [3.63, 3.8) is 0 Å². The minimum Gasteiger partial charge on any atom is -0.480 e. The van der Waals surface area contributed by atoms with Crippen LogP contribution in [0.3, 0.4) is 0 Å². The molecule has 0 spiro atoms. The maximum atomic E-state index is 10.1. The van der Waals surface area contributed by atoms with Crippen molar-refractivity contribution in [1.29, 1.82) is 0 Å². The summed E-state index contributed by atoms with van der Waals surface area (Å²) in [4.78, 5) is 36.1. The molecule has 3 aliphatic rings. The molecule has 0 radical (unpaired) electrons. The van der Waals surface area contributed by atoms with Crippen molar-refractivity contribution in [2.75, 3.05) is 85.5 Å². The van der Waals surface area contributed by atoms with E-state index >= 15 is 0 Å². The van der Waals surface area contributed by atoms with Gasteiger partial charge < -0.3 is 51.1 Å². The highest BCUT2D eigenvalue weighted by Gasteiger charge is 2.30. The number of nitrogens with zero attached hydrogens (tertiary/aromatic N) is 3. The van der Waals surface area contributed by atoms with Crippen LogP contribution in [0.1, 0.15) is 34.1 Å². The summed E-state index contributed by atoms with van der Waals surface area (Å²) < 4.78 is 0. The highest BCUT2D eigenvalue weighted by Crippen LogP contribution is 2.18. The predicted molar refractivity (Wildman–Crippen MR) is 151 cm³/mol. The largest absolute Gasteiger partial charge is 0.480 e. The van der Waals surface area contributed by atoms with Gasteiger partial charge in [0, 0.05) is 44.7 Å². The van der Waals surface area contributed by atoms with E-state index in [-0.39, 0.29) is 37.9 Å². The van der Waals surface area contributed by atoms with E-state index in [4.69, 9.17) is 51.1 Å². The summed E-state index contributed by atoms with van der Waals surface area (Å²) in [5.74, 6) is -2.16. The van der Waals surface area contributed by atoms with Crippen molar-refractivity contribution in [3.05, 3.63) is 0 Å². The van der Waals surface area contributed by atoms with Crippen molar-refractivity contribution >= 4 is 17.9 Å². The maximum absolute atomic E-state index is 10.1. The number of carbonyl (C=O) groups is 3. The fourth-order valence-electron chi connectivity index (χ4n) is 2.59. The zero-order valence-corrected chi connectivity index (χ0v) is 25.2. The first-order valence-electron chi connectivity index (χ1n) is 13.8. The molecule has 0 bridgehead atoms. The fraction of sp³-hybridized carbons (Fsp3) is 0.885. The molecule has 0 amide bonds. The van der Waals surface area contributed by atoms with Crippen LogP contribution in [-0.4, -0.2) is 187 Å². The molecule has 0 aromatic carbocycles. The molecule has 0 aromatic heterocycles. The number of carboxylic acid groups (broad SMARTS) is 3. The Bertz CT molecular complexity index is 632. The van der Waals surface area contributed by atoms with Gasteiger partial charge in [-0.15, -0.1) is 0 Å². The first-order valence-corrected chi connectivity index (χ1v) is 13.8. The Morgan fingerprint density at radius 2 is 0.690 bits per heavy atom. The Kier molecular flexibility index (Phi) is 21.7. The Morgan fingerprint density at radius 1 is 0.500 bits per heavy atom. The second-order valence-corrected chi connectivity index (χ2v) is 10.6. The third-order valence-electron chi connectivity index (χ3n) is 7.26. The van der Waals surface area contributed by atoms with Crippen molar-refractivity contribution in [1.82, 2.24) is 14.7 Å². The summed E-state index contributed by atoms with van der Waals surface area (Å²) in [5, 5.41) is 85.0. The van der Waals surface area contributed by atoms with Crippen LogP contribution in [0.15, 0.2) is 0 Å². The zero-order chi connectivity index (χ0) is 33.1. The summed E-state index contributed by atoms with van der Waals surface area (Å²) in [6.07, 6.45) is 0.594. The molecular weight excluding hydrogens is 562 g/mol. The zero-order valence-electron chi connectivity index (χ0n) is 25.2. The second kappa shape index (κ2) is 21.7. The van der Waals surface area contributed by atoms with Gasteiger partial charge in [-0.1, -0.05) is 6.92 Å². The summed E-state index contributed by atoms with van der Waals surface area (Å²) >= 11 is 0. The van der Waals surface area contributed by atoms with E-state index in [0.29, 0.717) is 6.42 Å². The number of aliphatic hydroxyl groups is 7. The molecule has 42 heavy (non-hydrogen) atoms. The first-order chi connectivity index (χ1) is 19.6. The lowest BCUT2D eigenvalue weighted by Gasteiger charge is -2.24. The van der Waals surface area contributed by atoms with Crippen molar-refractivity contribution in [3.8, 4) is 0 Å². The summed E-state index contributed by atoms with van der Waals surface area (Å²) in [5.41, 5.74) is -1.78. The van der Waals surface area contributed by atoms with Gasteiger partial charge in [0.15, 0.2) is 0 Å². The van der Waals surface area contributed by atoms with Gasteiger partial charge in [-0.25, -0.2) is 0 Å². The number of carboxylic acids is 3. The SMILES string of the molecule is CC(C(=O)O)N1CC1.CC(C(=O)O)N1CC1.CC(C(=O)O)N1CC1.CCC(CO)(CO)CO.OCC(CO)(CO)CO. The Balaban J connectivity index is 0. The van der Waals surface area contributed by atoms with Crippen LogP contribution in [-0.2, 0) is 14.4 Å². The number of aliphatic hydroxyl groups excluding tert-OH is 7. The molecule has 16 nitrogen and oxygen atoms in total. The number of aliphatic carboxylic acids is 3. The molecule has 0 aromatic rings. The molecule has 10 N–H and O–H groups in total. The van der Waals surface area contributed by atoms with Crippen molar-refractivity contribution < 1.29 is 65.4 Å². The van der Waals surface area contributed by atoms with Gasteiger partial charge in [0.25, 0.3) is 0 Å². The van der Waals surface area contributed by atoms with Crippen LogP contribution in [0.2, 0.25) is 0 Å². The van der Waals surface area contributed by atoms with E-state index in [2.05, 4.69) is 0 Å². The quantitative estimate of drug-likeness (QED) is 0.0855. The highest BCUT2D eigenvalue weighted by atomic mass is 16.4. The summed E-state index contributed by atoms with van der Waals surface area (Å²) in [6.45, 7) is 10.6. The van der Waals surface area contributed by atoms with Gasteiger partial charge >= 0.3 is 17.9 Å². The van der Waals surface area contributed by atoms with Gasteiger partial charge in [0.05, 0.1) is 51.7 Å². The van der Waals surface area contributed by atoms with Gasteiger partial charge in [0.1, 0.15) is 18.1 Å². The second-order valence-electron chi connectivity index (χ2n) is 10.6. The maximum Gasteiger partial charge on any atom is 0.320 e. The summed E-state index contributed by atoms with van der Waals surface area (Å²) in [7, 11) is 0. The average Bonchev–Trinajstić information content (AvgIpc) is 3.83. The normalized spacial score (nSPS) is 18.1. The molecule has 16 heteroatoms. The van der Waals surface area contributed by atoms with Crippen molar-refractivity contribution in [2.45, 2.75) is 52.2 Å². The lowest BCUT2D eigenvalue weighted by atomic mass is 9.88. The minimum atomic E-state index is -1.11. The molecule has 3 atom stereocenters. The fourth-order valence-corrected chi connectivity index (χ4v) is 2.59. The van der Waals surface area contributed by atoms with Gasteiger partial charge in [-0.2, -0.15) is 0 Å². The Labute approximate surface area is 247 Å². The molecule has 3 heterocycles. The third kappa shape index (κ3) is 17.2. The van der Waals surface area contributed by atoms with Gasteiger partial charge in [0.2, 0.25) is 0 Å². The lowest BCUT2D eigenvalue weighted by molar-refractivity contribution is -0.141. The van der Waals surface area contributed by atoms with E-state index in [1.165, 1.54) is 0 Å². The average molecular weight is 616 g/mol. The van der Waals surface area contributed by atoms with Crippen LogP contribution in [0.5, 0.6) is 0 Å². The smallest absolute Gasteiger partial charge is 0.320 e. The van der Waals surface area contributed by atoms with Crippen LogP contribution in [0.4, 0.5) is 0 Å². The van der Waals surface area contributed by atoms with Crippen molar-refractivity contribution in [2.24, 2.45) is 10.8 Å². The molecule has 3 rings (SSSR count). The predicted octanol–water partition coefficient (Wildman–Crippen LogP) is -3.37. The molecule has 3 aliphatic heterocycles. The molecule has 3 saturated heterocycles. The molecule has 250 valence electrons. The third-order valence-corrected chi connectivity index (χ3v) is 7.26. The summed E-state index contributed by atoms with van der Waals surface area (Å²) in [6, 6.07) is -0.806. The van der Waals surface area contributed by atoms with E-state index in [0.717, 1.165) is 39.3 Å². The molecular formula is C26H53N3O13. The molecule has 3 unspecified atom stereocenters. The van der Waals surface area contributed by atoms with Crippen LogP contribution >= 0.6 is 0 Å². The number of rotatable bonds is 14. The first kappa shape index (κ1) is 42.1. The Hall–Kier alpha value is -1.99. The van der Waals surface area contributed by atoms with Crippen LogP contribution < -0.4 is 0 Å². The van der Waals surface area contributed by atoms with E-state index in [9.17, 15) is 14.4 Å². The topological polar surface area (TPSA) is 263 Å². The molecule has 0 aliphatic carbocycles. The molecule has 3 fully saturated rings. The van der Waals surface area contributed by atoms with E-state index < -0.39 is 55.2 Å². The van der Waals surface area contributed by atoms with Crippen LogP contribution in [0, 0.1) is 10.8 Å². The highest BCUT2D eigenvalue weighted by molar-refractivity contribution is 5.74. The monoisotopic (exact) mass is 615 g/mol. The van der Waals surface area contributed by atoms with Gasteiger partial charge in [-0.05, 0) is 27.2 Å². The van der Waals surface area contributed by atoms with Gasteiger partial charge in [-0.3, -0.25) is 29.1 Å².